The van der Waals surface area contributed by atoms with Gasteiger partial charge < -0.3 is 14.6 Å². The Hall–Kier alpha value is -3.16. The number of thioether (sulfide) groups is 1. The van der Waals surface area contributed by atoms with Crippen molar-refractivity contribution in [3.63, 3.8) is 0 Å². The molecule has 1 aromatic carbocycles. The number of benzene rings is 1. The minimum Gasteiger partial charge on any atom is -0.376 e. The van der Waals surface area contributed by atoms with Crippen molar-refractivity contribution < 1.29 is 13.9 Å². The second-order valence-electron chi connectivity index (χ2n) is 7.57. The molecule has 10 heteroatoms. The summed E-state index contributed by atoms with van der Waals surface area (Å²) in [4.78, 5) is 16.9. The second kappa shape index (κ2) is 9.54. The molecule has 2 aromatic heterocycles. The van der Waals surface area contributed by atoms with Gasteiger partial charge >= 0.3 is 0 Å². The number of carbonyl (C=O) groups is 1. The molecular weight excluding hydrogens is 431 g/mol. The van der Waals surface area contributed by atoms with Crippen molar-refractivity contribution in [1.29, 1.82) is 5.26 Å². The molecule has 32 heavy (non-hydrogen) atoms. The highest BCUT2D eigenvalue weighted by molar-refractivity contribution is 7.99. The molecule has 1 aliphatic heterocycles. The van der Waals surface area contributed by atoms with Crippen LogP contribution < -0.4 is 5.32 Å². The Morgan fingerprint density at radius 1 is 1.44 bits per heavy atom. The second-order valence-corrected chi connectivity index (χ2v) is 8.52. The van der Waals surface area contributed by atoms with E-state index in [-0.39, 0.29) is 17.8 Å². The molecule has 1 aliphatic rings. The summed E-state index contributed by atoms with van der Waals surface area (Å²) in [5.41, 5.74) is 2.55. The van der Waals surface area contributed by atoms with E-state index in [9.17, 15) is 14.4 Å². The summed E-state index contributed by atoms with van der Waals surface area (Å²) in [6.45, 7) is 5.14. The van der Waals surface area contributed by atoms with E-state index in [0.717, 1.165) is 42.5 Å². The number of nitrogens with one attached hydrogen (secondary N) is 2. The largest absolute Gasteiger partial charge is 0.376 e. The topological polar surface area (TPSA) is 109 Å². The molecular formula is C22H23FN6O2S. The molecule has 0 unspecified atom stereocenters. The minimum absolute atomic E-state index is 0.0443. The first-order chi connectivity index (χ1) is 15.5. The van der Waals surface area contributed by atoms with Crippen LogP contribution in [0.25, 0.3) is 11.4 Å². The molecule has 166 valence electrons. The third-order valence-corrected chi connectivity index (χ3v) is 6.38. The lowest BCUT2D eigenvalue weighted by atomic mass is 10.2. The maximum atomic E-state index is 13.9. The highest BCUT2D eigenvalue weighted by Crippen LogP contribution is 2.29. The molecule has 0 saturated carbocycles. The summed E-state index contributed by atoms with van der Waals surface area (Å²) in [6, 6.07) is 8.47. The quantitative estimate of drug-likeness (QED) is 0.526. The average Bonchev–Trinajstić information content (AvgIpc) is 3.51. The molecule has 4 rings (SSSR count). The van der Waals surface area contributed by atoms with E-state index in [2.05, 4.69) is 26.6 Å². The number of carbonyl (C=O) groups excluding carboxylic acids is 1. The van der Waals surface area contributed by atoms with Crippen LogP contribution in [0.15, 0.2) is 29.4 Å². The third kappa shape index (κ3) is 4.54. The molecule has 0 bridgehead atoms. The van der Waals surface area contributed by atoms with E-state index in [1.165, 1.54) is 6.07 Å². The van der Waals surface area contributed by atoms with Gasteiger partial charge in [0.05, 0.1) is 29.5 Å². The maximum Gasteiger partial charge on any atom is 0.235 e. The summed E-state index contributed by atoms with van der Waals surface area (Å²) in [7, 11) is 0. The number of H-pyrrole nitrogens is 1. The van der Waals surface area contributed by atoms with Crippen molar-refractivity contribution >= 4 is 23.5 Å². The molecule has 2 N–H and O–H groups in total. The first-order valence-electron chi connectivity index (χ1n) is 10.3. The van der Waals surface area contributed by atoms with Gasteiger partial charge in [-0.2, -0.15) is 5.26 Å². The number of nitriles is 1. The van der Waals surface area contributed by atoms with Gasteiger partial charge in [-0.05, 0) is 44.4 Å². The Kier molecular flexibility index (Phi) is 6.58. The normalized spacial score (nSPS) is 15.6. The number of aromatic nitrogens is 4. The van der Waals surface area contributed by atoms with E-state index in [1.807, 2.05) is 18.4 Å². The zero-order valence-electron chi connectivity index (χ0n) is 17.8. The predicted molar refractivity (Wildman–Crippen MR) is 119 cm³/mol. The highest BCUT2D eigenvalue weighted by atomic mass is 32.2. The van der Waals surface area contributed by atoms with E-state index in [1.54, 1.807) is 18.2 Å². The van der Waals surface area contributed by atoms with Crippen LogP contribution in [0.1, 0.15) is 29.7 Å². The maximum absolute atomic E-state index is 13.9. The summed E-state index contributed by atoms with van der Waals surface area (Å²) in [5.74, 6) is 0.150. The van der Waals surface area contributed by atoms with Gasteiger partial charge in [0.25, 0.3) is 0 Å². The fourth-order valence-electron chi connectivity index (χ4n) is 3.73. The van der Waals surface area contributed by atoms with E-state index >= 15 is 0 Å². The Morgan fingerprint density at radius 3 is 2.97 bits per heavy atom. The SMILES string of the molecule is Cc1c(C#N)c(NC(=O)CSc2n[nH]c(-c3ccccc3F)n2)n(C[C@@H]2CCCO2)c1C. The molecule has 1 fully saturated rings. The van der Waals surface area contributed by atoms with Crippen molar-refractivity contribution in [2.75, 3.05) is 17.7 Å². The number of nitrogens with zero attached hydrogens (tertiary/aromatic N) is 4. The fourth-order valence-corrected chi connectivity index (χ4v) is 4.33. The number of hydrogen-bond donors (Lipinski definition) is 2. The highest BCUT2D eigenvalue weighted by Gasteiger charge is 2.24. The number of amides is 1. The van der Waals surface area contributed by atoms with Crippen LogP contribution in [0.3, 0.4) is 0 Å². The van der Waals surface area contributed by atoms with Crippen LogP contribution in [-0.4, -0.2) is 44.1 Å². The Balaban J connectivity index is 1.45. The molecule has 1 amide bonds. The van der Waals surface area contributed by atoms with Gasteiger partial charge in [0.2, 0.25) is 11.1 Å². The van der Waals surface area contributed by atoms with Crippen LogP contribution in [0, 0.1) is 31.0 Å². The first-order valence-corrected chi connectivity index (χ1v) is 11.3. The van der Waals surface area contributed by atoms with Gasteiger partial charge in [0.15, 0.2) is 5.82 Å². The van der Waals surface area contributed by atoms with Gasteiger partial charge in [0.1, 0.15) is 17.7 Å². The van der Waals surface area contributed by atoms with Crippen molar-refractivity contribution in [2.45, 2.75) is 44.5 Å². The smallest absolute Gasteiger partial charge is 0.235 e. The van der Waals surface area contributed by atoms with Crippen molar-refractivity contribution in [3.05, 3.63) is 46.9 Å². The first kappa shape index (κ1) is 22.0. The van der Waals surface area contributed by atoms with Crippen LogP contribution >= 0.6 is 11.8 Å². The summed E-state index contributed by atoms with van der Waals surface area (Å²) >= 11 is 1.13. The standard InChI is InChI=1S/C22H23FN6O2S/c1-13-14(2)29(11-15-6-5-9-31-15)21(17(13)10-24)25-19(30)12-32-22-26-20(27-28-22)16-7-3-4-8-18(16)23/h3-4,7-8,15H,5-6,9,11-12H2,1-2H3,(H,25,30)(H,26,27,28)/t15-/m0/s1. The van der Waals surface area contributed by atoms with Crippen molar-refractivity contribution in [3.8, 4) is 17.5 Å². The van der Waals surface area contributed by atoms with Gasteiger partial charge in [-0.15, -0.1) is 5.10 Å². The van der Waals surface area contributed by atoms with Crippen LogP contribution in [0.2, 0.25) is 0 Å². The molecule has 3 aromatic rings. The van der Waals surface area contributed by atoms with Gasteiger partial charge in [0, 0.05) is 12.3 Å². The van der Waals surface area contributed by atoms with E-state index < -0.39 is 5.82 Å². The Morgan fingerprint density at radius 2 is 2.25 bits per heavy atom. The zero-order valence-corrected chi connectivity index (χ0v) is 18.6. The lowest BCUT2D eigenvalue weighted by Gasteiger charge is -2.16. The zero-order chi connectivity index (χ0) is 22.7. The van der Waals surface area contributed by atoms with Gasteiger partial charge in [-0.25, -0.2) is 9.37 Å². The van der Waals surface area contributed by atoms with E-state index in [4.69, 9.17) is 4.74 Å². The predicted octanol–water partition coefficient (Wildman–Crippen LogP) is 3.81. The van der Waals surface area contributed by atoms with Crippen LogP contribution in [0.5, 0.6) is 0 Å². The van der Waals surface area contributed by atoms with E-state index in [0.29, 0.717) is 34.5 Å². The number of rotatable bonds is 7. The molecule has 0 radical (unpaired) electrons. The molecule has 0 aliphatic carbocycles. The summed E-state index contributed by atoms with van der Waals surface area (Å²) in [6.07, 6.45) is 2.04. The number of aromatic amines is 1. The van der Waals surface area contributed by atoms with Crippen LogP contribution in [0.4, 0.5) is 10.2 Å². The fraction of sp³-hybridized carbons (Fsp3) is 0.364. The lowest BCUT2D eigenvalue weighted by molar-refractivity contribution is -0.113. The number of anilines is 1. The monoisotopic (exact) mass is 454 g/mol. The number of ether oxygens (including phenoxy) is 1. The molecule has 0 spiro atoms. The Bertz CT molecular complexity index is 1180. The van der Waals surface area contributed by atoms with Gasteiger partial charge in [-0.3, -0.25) is 9.89 Å². The number of halogens is 1. The summed E-state index contributed by atoms with van der Waals surface area (Å²) < 4.78 is 21.6. The lowest BCUT2D eigenvalue weighted by Crippen LogP contribution is -2.22. The Labute approximate surface area is 189 Å². The van der Waals surface area contributed by atoms with Crippen molar-refractivity contribution in [1.82, 2.24) is 19.7 Å². The summed E-state index contributed by atoms with van der Waals surface area (Å²) in [5, 5.41) is 19.6. The molecule has 1 saturated heterocycles. The van der Waals surface area contributed by atoms with Gasteiger partial charge in [-0.1, -0.05) is 23.9 Å². The number of hydrogen-bond acceptors (Lipinski definition) is 6. The van der Waals surface area contributed by atoms with Crippen molar-refractivity contribution in [2.24, 2.45) is 0 Å². The molecule has 8 nitrogen and oxygen atoms in total. The third-order valence-electron chi connectivity index (χ3n) is 5.54. The molecule has 3 heterocycles. The van der Waals surface area contributed by atoms with Crippen LogP contribution in [-0.2, 0) is 16.1 Å². The minimum atomic E-state index is -0.403. The average molecular weight is 455 g/mol. The molecule has 1 atom stereocenters.